The van der Waals surface area contributed by atoms with Gasteiger partial charge in [0, 0.05) is 44.0 Å². The Bertz CT molecular complexity index is 744. The van der Waals surface area contributed by atoms with Crippen LogP contribution in [0.5, 0.6) is 0 Å². The Hall–Kier alpha value is -2.70. The molecule has 3 rings (SSSR count). The van der Waals surface area contributed by atoms with Crippen LogP contribution in [0.3, 0.4) is 0 Å². The average molecular weight is 270 g/mol. The number of nitrogens with one attached hydrogen (secondary N) is 1. The van der Waals surface area contributed by atoms with Crippen molar-refractivity contribution in [1.82, 2.24) is 24.3 Å². The summed E-state index contributed by atoms with van der Waals surface area (Å²) in [6.45, 7) is 0.572. The second kappa shape index (κ2) is 5.12. The van der Waals surface area contributed by atoms with Gasteiger partial charge in [-0.1, -0.05) is 0 Å². The summed E-state index contributed by atoms with van der Waals surface area (Å²) in [6, 6.07) is 1.97. The minimum absolute atomic E-state index is 0.451. The van der Waals surface area contributed by atoms with Gasteiger partial charge in [0.2, 0.25) is 5.95 Å². The number of nitrogens with zero attached hydrogens (tertiary/aromatic N) is 5. The summed E-state index contributed by atoms with van der Waals surface area (Å²) in [6.07, 6.45) is 8.56. The molecule has 0 spiro atoms. The zero-order chi connectivity index (χ0) is 13.9. The number of aryl methyl sites for hydroxylation is 2. The van der Waals surface area contributed by atoms with E-state index in [0.717, 1.165) is 23.0 Å². The van der Waals surface area contributed by atoms with E-state index in [2.05, 4.69) is 20.4 Å². The van der Waals surface area contributed by atoms with E-state index < -0.39 is 0 Å². The van der Waals surface area contributed by atoms with Gasteiger partial charge in [-0.25, -0.2) is 4.98 Å². The summed E-state index contributed by atoms with van der Waals surface area (Å²) in [7, 11) is 1.94. The first-order valence-corrected chi connectivity index (χ1v) is 6.27. The van der Waals surface area contributed by atoms with Crippen molar-refractivity contribution in [3.63, 3.8) is 0 Å². The molecule has 0 aromatic carbocycles. The van der Waals surface area contributed by atoms with Crippen LogP contribution in [-0.4, -0.2) is 30.6 Å². The van der Waals surface area contributed by atoms with Crippen LogP contribution in [-0.2, 0) is 18.4 Å². The highest BCUT2D eigenvalue weighted by Crippen LogP contribution is 2.16. The average Bonchev–Trinajstić information content (AvgIpc) is 3.04. The smallest absolute Gasteiger partial charge is 0.229 e. The van der Waals surface area contributed by atoms with Crippen molar-refractivity contribution in [3.05, 3.63) is 30.9 Å². The molecular weight excluding hydrogens is 256 g/mol. The Kier molecular flexibility index (Phi) is 3.16. The van der Waals surface area contributed by atoms with Crippen LogP contribution in [0.2, 0.25) is 0 Å². The Balaban J connectivity index is 1.79. The molecule has 0 amide bonds. The third-order valence-electron chi connectivity index (χ3n) is 2.97. The van der Waals surface area contributed by atoms with E-state index in [0.29, 0.717) is 18.9 Å². The fourth-order valence-corrected chi connectivity index (χ4v) is 1.97. The maximum absolute atomic E-state index is 10.3. The summed E-state index contributed by atoms with van der Waals surface area (Å²) in [5.74, 6) is 0.522. The monoisotopic (exact) mass is 270 g/mol. The number of fused-ring (bicyclic) bond motifs is 1. The van der Waals surface area contributed by atoms with E-state index in [9.17, 15) is 4.79 Å². The molecule has 0 unspecified atom stereocenters. The lowest BCUT2D eigenvalue weighted by Crippen LogP contribution is -1.99. The third kappa shape index (κ3) is 2.37. The molecule has 0 atom stereocenters. The number of rotatable bonds is 5. The van der Waals surface area contributed by atoms with Gasteiger partial charge in [-0.3, -0.25) is 4.68 Å². The lowest BCUT2D eigenvalue weighted by atomic mass is 10.4. The highest BCUT2D eigenvalue weighted by atomic mass is 16.1. The van der Waals surface area contributed by atoms with Crippen LogP contribution in [0.1, 0.15) is 6.42 Å². The van der Waals surface area contributed by atoms with Crippen molar-refractivity contribution in [2.75, 3.05) is 5.32 Å². The van der Waals surface area contributed by atoms with Crippen LogP contribution in [0, 0.1) is 0 Å². The number of aldehydes is 1. The number of anilines is 2. The molecule has 0 aliphatic carbocycles. The van der Waals surface area contributed by atoms with Crippen LogP contribution in [0.25, 0.3) is 11.0 Å². The predicted molar refractivity (Wildman–Crippen MR) is 74.7 cm³/mol. The molecule has 3 aromatic heterocycles. The van der Waals surface area contributed by atoms with Gasteiger partial charge >= 0.3 is 0 Å². The van der Waals surface area contributed by atoms with E-state index in [4.69, 9.17) is 0 Å². The first-order valence-electron chi connectivity index (χ1n) is 6.27. The number of hydrogen-bond acceptors (Lipinski definition) is 5. The van der Waals surface area contributed by atoms with Gasteiger partial charge in [0.05, 0.1) is 11.9 Å². The topological polar surface area (TPSA) is 77.6 Å². The molecule has 102 valence electrons. The van der Waals surface area contributed by atoms with Gasteiger partial charge in [0.25, 0.3) is 0 Å². The van der Waals surface area contributed by atoms with Crippen molar-refractivity contribution < 1.29 is 4.79 Å². The Morgan fingerprint density at radius 1 is 1.40 bits per heavy atom. The van der Waals surface area contributed by atoms with Crippen molar-refractivity contribution in [3.8, 4) is 0 Å². The van der Waals surface area contributed by atoms with Crippen LogP contribution >= 0.6 is 0 Å². The highest BCUT2D eigenvalue weighted by molar-refractivity contribution is 5.76. The second-order valence-electron chi connectivity index (χ2n) is 4.47. The first-order chi connectivity index (χ1) is 9.76. The SMILES string of the molecule is Cn1ccc2cnc(Nc3cnn(CCC=O)c3)nc21. The lowest BCUT2D eigenvalue weighted by molar-refractivity contribution is -0.108. The molecule has 0 saturated carbocycles. The number of carbonyl (C=O) groups is 1. The summed E-state index contributed by atoms with van der Waals surface area (Å²) in [5, 5.41) is 8.26. The molecule has 0 aliphatic heterocycles. The molecular formula is C13H14N6O. The fourth-order valence-electron chi connectivity index (χ4n) is 1.97. The van der Waals surface area contributed by atoms with Crippen LogP contribution < -0.4 is 5.32 Å². The third-order valence-corrected chi connectivity index (χ3v) is 2.97. The molecule has 7 heteroatoms. The van der Waals surface area contributed by atoms with E-state index in [1.165, 1.54) is 0 Å². The molecule has 0 saturated heterocycles. The van der Waals surface area contributed by atoms with Crippen molar-refractivity contribution in [1.29, 1.82) is 0 Å². The molecule has 7 nitrogen and oxygen atoms in total. The summed E-state index contributed by atoms with van der Waals surface area (Å²) in [4.78, 5) is 19.0. The summed E-state index contributed by atoms with van der Waals surface area (Å²) in [5.41, 5.74) is 1.67. The molecule has 0 fully saturated rings. The molecule has 0 bridgehead atoms. The normalized spacial score (nSPS) is 10.8. The first kappa shape index (κ1) is 12.3. The number of aromatic nitrogens is 5. The molecule has 1 N–H and O–H groups in total. The van der Waals surface area contributed by atoms with E-state index in [-0.39, 0.29) is 0 Å². The number of hydrogen-bond donors (Lipinski definition) is 1. The quantitative estimate of drug-likeness (QED) is 0.711. The van der Waals surface area contributed by atoms with Gasteiger partial charge in [0.1, 0.15) is 11.9 Å². The molecule has 3 heterocycles. The minimum Gasteiger partial charge on any atom is -0.335 e. The zero-order valence-corrected chi connectivity index (χ0v) is 11.0. The second-order valence-corrected chi connectivity index (χ2v) is 4.47. The number of carbonyl (C=O) groups excluding carboxylic acids is 1. The zero-order valence-electron chi connectivity index (χ0n) is 11.0. The van der Waals surface area contributed by atoms with Crippen LogP contribution in [0.15, 0.2) is 30.9 Å². The van der Waals surface area contributed by atoms with Gasteiger partial charge in [-0.05, 0) is 6.07 Å². The van der Waals surface area contributed by atoms with Gasteiger partial charge in [-0.15, -0.1) is 0 Å². The van der Waals surface area contributed by atoms with Gasteiger partial charge in [-0.2, -0.15) is 10.1 Å². The maximum atomic E-state index is 10.3. The van der Waals surface area contributed by atoms with E-state index in [1.54, 1.807) is 17.1 Å². The fraction of sp³-hybridized carbons (Fsp3) is 0.231. The van der Waals surface area contributed by atoms with Crippen molar-refractivity contribution in [2.24, 2.45) is 7.05 Å². The largest absolute Gasteiger partial charge is 0.335 e. The Morgan fingerprint density at radius 2 is 2.30 bits per heavy atom. The molecule has 3 aromatic rings. The minimum atomic E-state index is 0.451. The van der Waals surface area contributed by atoms with Crippen molar-refractivity contribution in [2.45, 2.75) is 13.0 Å². The van der Waals surface area contributed by atoms with Crippen molar-refractivity contribution >= 4 is 29.0 Å². The molecule has 20 heavy (non-hydrogen) atoms. The van der Waals surface area contributed by atoms with E-state index in [1.807, 2.05) is 30.1 Å². The molecule has 0 aliphatic rings. The lowest BCUT2D eigenvalue weighted by Gasteiger charge is -2.02. The standard InChI is InChI=1S/C13H14N6O/c1-18-5-3-10-7-14-13(17-12(10)18)16-11-8-15-19(9-11)4-2-6-20/h3,5-9H,2,4H2,1H3,(H,14,16,17). The Morgan fingerprint density at radius 3 is 3.15 bits per heavy atom. The van der Waals surface area contributed by atoms with Gasteiger partial charge < -0.3 is 14.7 Å². The highest BCUT2D eigenvalue weighted by Gasteiger charge is 2.05. The molecule has 0 radical (unpaired) electrons. The van der Waals surface area contributed by atoms with Gasteiger partial charge in [0.15, 0.2) is 0 Å². The Labute approximate surface area is 115 Å². The summed E-state index contributed by atoms with van der Waals surface area (Å²) >= 11 is 0. The maximum Gasteiger partial charge on any atom is 0.229 e. The van der Waals surface area contributed by atoms with E-state index >= 15 is 0 Å². The van der Waals surface area contributed by atoms with Crippen LogP contribution in [0.4, 0.5) is 11.6 Å². The summed E-state index contributed by atoms with van der Waals surface area (Å²) < 4.78 is 3.65. The predicted octanol–water partition coefficient (Wildman–Crippen LogP) is 1.50.